The van der Waals surface area contributed by atoms with Crippen molar-refractivity contribution in [3.8, 4) is 15.8 Å². The molecule has 0 radical (unpaired) electrons. The van der Waals surface area contributed by atoms with E-state index in [0.29, 0.717) is 32.9 Å². The summed E-state index contributed by atoms with van der Waals surface area (Å²) in [7, 11) is 1.97. The van der Waals surface area contributed by atoms with Crippen LogP contribution >= 0.6 is 34.3 Å². The molecule has 7 nitrogen and oxygen atoms in total. The molecule has 0 aliphatic rings. The topological polar surface area (TPSA) is 83.8 Å². The summed E-state index contributed by atoms with van der Waals surface area (Å²) in [6, 6.07) is 10.2. The Balaban J connectivity index is 1.51. The lowest BCUT2D eigenvalue weighted by Crippen LogP contribution is -2.31. The summed E-state index contributed by atoms with van der Waals surface area (Å²) in [4.78, 5) is 17.3. The maximum absolute atomic E-state index is 11.8. The van der Waals surface area contributed by atoms with E-state index >= 15 is 0 Å². The summed E-state index contributed by atoms with van der Waals surface area (Å²) in [5, 5.41) is 12.4. The average molecular weight is 540 g/mol. The monoisotopic (exact) mass is 539 g/mol. The summed E-state index contributed by atoms with van der Waals surface area (Å²) in [6.07, 6.45) is 7.25. The van der Waals surface area contributed by atoms with Crippen LogP contribution < -0.4 is 10.2 Å². The third-order valence-electron chi connectivity index (χ3n) is 4.88. The van der Waals surface area contributed by atoms with Gasteiger partial charge in [-0.05, 0) is 43.2 Å². The quantitative estimate of drug-likeness (QED) is 0.142. The maximum atomic E-state index is 11.8. The number of alkyl halides is 1. The van der Waals surface area contributed by atoms with Crippen LogP contribution in [0.15, 0.2) is 30.3 Å². The Morgan fingerprint density at radius 3 is 2.57 bits per heavy atom. The van der Waals surface area contributed by atoms with Gasteiger partial charge in [0, 0.05) is 46.8 Å². The van der Waals surface area contributed by atoms with Crippen molar-refractivity contribution in [3.63, 3.8) is 0 Å². The van der Waals surface area contributed by atoms with E-state index in [-0.39, 0.29) is 6.61 Å². The number of nitrogens with one attached hydrogen (secondary N) is 1. The highest BCUT2D eigenvalue weighted by Gasteiger charge is 2.10. The van der Waals surface area contributed by atoms with Crippen LogP contribution in [0.25, 0.3) is 15.8 Å². The first-order valence-electron chi connectivity index (χ1n) is 11.7. The Labute approximate surface area is 221 Å². The molecule has 0 aliphatic heterocycles. The Hall–Kier alpha value is -2.09. The highest BCUT2D eigenvalue weighted by molar-refractivity contribution is 7.24. The van der Waals surface area contributed by atoms with Gasteiger partial charge in [-0.3, -0.25) is 0 Å². The van der Waals surface area contributed by atoms with Crippen molar-refractivity contribution in [2.24, 2.45) is 0 Å². The van der Waals surface area contributed by atoms with E-state index < -0.39 is 6.09 Å². The maximum Gasteiger partial charge on any atom is 0.407 e. The lowest BCUT2D eigenvalue weighted by atomic mass is 10.2. The number of nitrogens with zero attached hydrogens (tertiary/aromatic N) is 2. The molecule has 0 spiro atoms. The summed E-state index contributed by atoms with van der Waals surface area (Å²) >= 11 is 8.97. The number of unbranched alkanes of at least 4 members (excludes halogenated alkanes) is 3. The Bertz CT molecular complexity index is 926. The average Bonchev–Trinajstić information content (AvgIpc) is 3.53. The van der Waals surface area contributed by atoms with Gasteiger partial charge in [0.15, 0.2) is 0 Å². The summed E-state index contributed by atoms with van der Waals surface area (Å²) < 4.78 is 16.2. The van der Waals surface area contributed by atoms with Gasteiger partial charge in [0.1, 0.15) is 6.61 Å². The number of hydrogen-bond acceptors (Lipinski definition) is 8. The first kappa shape index (κ1) is 29.1. The molecule has 10 heteroatoms. The molecule has 0 bridgehead atoms. The summed E-state index contributed by atoms with van der Waals surface area (Å²) in [5.41, 5.74) is 0. The number of hydrogen-bond donors (Lipinski definition) is 1. The van der Waals surface area contributed by atoms with E-state index in [9.17, 15) is 4.79 Å². The van der Waals surface area contributed by atoms with E-state index in [1.807, 2.05) is 25.3 Å². The van der Waals surface area contributed by atoms with E-state index in [2.05, 4.69) is 28.4 Å². The molecule has 0 saturated heterocycles. The summed E-state index contributed by atoms with van der Waals surface area (Å²) in [5.74, 6) is 0.728. The van der Waals surface area contributed by atoms with E-state index in [0.717, 1.165) is 52.9 Å². The molecule has 2 rings (SSSR count). The zero-order valence-corrected chi connectivity index (χ0v) is 22.6. The molecule has 2 aromatic heterocycles. The number of likely N-dealkylation sites (N-methyl/N-ethyl adjacent to an activating group) is 1. The number of halogens is 1. The minimum Gasteiger partial charge on any atom is -0.448 e. The highest BCUT2D eigenvalue weighted by Crippen LogP contribution is 2.37. The van der Waals surface area contributed by atoms with Crippen LogP contribution in [0.1, 0.15) is 30.6 Å². The molecule has 0 aromatic carbocycles. The number of rotatable bonds is 18. The molecule has 2 aromatic rings. The van der Waals surface area contributed by atoms with Gasteiger partial charge in [0.25, 0.3) is 0 Å². The van der Waals surface area contributed by atoms with Gasteiger partial charge < -0.3 is 24.4 Å². The Kier molecular flexibility index (Phi) is 15.2. The third-order valence-corrected chi connectivity index (χ3v) is 7.59. The van der Waals surface area contributed by atoms with Gasteiger partial charge >= 0.3 is 6.09 Å². The molecule has 0 saturated carbocycles. The van der Waals surface area contributed by atoms with Crippen molar-refractivity contribution in [2.45, 2.75) is 25.7 Å². The normalized spacial score (nSPS) is 11.0. The predicted octanol–water partition coefficient (Wildman–Crippen LogP) is 6.01. The number of allylic oxidation sites excluding steroid dienone is 1. The van der Waals surface area contributed by atoms with Crippen LogP contribution in [-0.4, -0.2) is 65.1 Å². The van der Waals surface area contributed by atoms with Gasteiger partial charge in [0.2, 0.25) is 0 Å². The lowest BCUT2D eigenvalue weighted by molar-refractivity contribution is 0.0469. The first-order chi connectivity index (χ1) is 17.1. The van der Waals surface area contributed by atoms with Crippen LogP contribution in [0.5, 0.6) is 0 Å². The molecule has 2 heterocycles. The van der Waals surface area contributed by atoms with E-state index in [1.165, 1.54) is 11.0 Å². The van der Waals surface area contributed by atoms with Crippen molar-refractivity contribution in [2.75, 3.05) is 64.0 Å². The zero-order valence-electron chi connectivity index (χ0n) is 20.2. The number of carbonyl (C=O) groups excluding carboxylic acids is 1. The second-order valence-corrected chi connectivity index (χ2v) is 10.2. The molecule has 0 fully saturated rings. The van der Waals surface area contributed by atoms with Crippen LogP contribution in [0.3, 0.4) is 0 Å². The minimum atomic E-state index is -0.446. The predicted molar refractivity (Wildman–Crippen MR) is 146 cm³/mol. The second-order valence-electron chi connectivity index (χ2n) is 7.61. The standard InChI is InChI=1S/C25H34ClN3O4S2/c1-29(24-11-10-23(35-24)22-9-8-21(34-22)7-6-13-27)15-18-33-25(30)28-14-17-32-20-19-31-16-5-3-2-4-12-26/h6-11H,2-5,12,14-20H2,1H3,(H,28,30)/b7-6-. The van der Waals surface area contributed by atoms with Crippen LogP contribution in [0, 0.1) is 11.3 Å². The number of ether oxygens (including phenoxy) is 3. The zero-order chi connectivity index (χ0) is 25.1. The molecule has 0 unspecified atom stereocenters. The van der Waals surface area contributed by atoms with Crippen molar-refractivity contribution in [3.05, 3.63) is 35.2 Å². The van der Waals surface area contributed by atoms with Crippen molar-refractivity contribution in [1.82, 2.24) is 5.32 Å². The molecule has 1 N–H and O–H groups in total. The van der Waals surface area contributed by atoms with Crippen LogP contribution in [0.4, 0.5) is 9.80 Å². The van der Waals surface area contributed by atoms with Gasteiger partial charge in [-0.25, -0.2) is 4.79 Å². The molecular formula is C25H34ClN3O4S2. The molecular weight excluding hydrogens is 506 g/mol. The van der Waals surface area contributed by atoms with Gasteiger partial charge in [-0.2, -0.15) is 5.26 Å². The number of carbonyl (C=O) groups is 1. The fourth-order valence-corrected chi connectivity index (χ4v) is 5.18. The van der Waals surface area contributed by atoms with Crippen LogP contribution in [-0.2, 0) is 14.2 Å². The minimum absolute atomic E-state index is 0.289. The number of thiophene rings is 2. The fourth-order valence-electron chi connectivity index (χ4n) is 3.00. The van der Waals surface area contributed by atoms with Crippen molar-refractivity contribution >= 4 is 51.4 Å². The van der Waals surface area contributed by atoms with E-state index in [4.69, 9.17) is 31.1 Å². The SMILES string of the molecule is CN(CCOC(=O)NCCOCCOCCCCCCCl)c1ccc(-c2ccc(/C=C\C#N)s2)s1. The molecule has 35 heavy (non-hydrogen) atoms. The number of nitriles is 1. The fraction of sp³-hybridized carbons (Fsp3) is 0.520. The van der Waals surface area contributed by atoms with Gasteiger partial charge in [-0.1, -0.05) is 12.8 Å². The van der Waals surface area contributed by atoms with Crippen LogP contribution in [0.2, 0.25) is 0 Å². The number of alkyl carbamates (subject to hydrolysis) is 1. The third kappa shape index (κ3) is 12.4. The highest BCUT2D eigenvalue weighted by atomic mass is 35.5. The smallest absolute Gasteiger partial charge is 0.407 e. The van der Waals surface area contributed by atoms with Gasteiger partial charge in [-0.15, -0.1) is 34.3 Å². The first-order valence-corrected chi connectivity index (χ1v) is 13.9. The van der Waals surface area contributed by atoms with Crippen molar-refractivity contribution < 1.29 is 19.0 Å². The van der Waals surface area contributed by atoms with E-state index in [1.54, 1.807) is 22.7 Å². The number of anilines is 1. The molecule has 1 amide bonds. The molecule has 0 aliphatic carbocycles. The number of amides is 1. The second kappa shape index (κ2) is 18.2. The molecule has 0 atom stereocenters. The molecule has 192 valence electrons. The lowest BCUT2D eigenvalue weighted by Gasteiger charge is -2.17. The summed E-state index contributed by atoms with van der Waals surface area (Å²) in [6.45, 7) is 3.51. The Morgan fingerprint density at radius 2 is 1.77 bits per heavy atom. The van der Waals surface area contributed by atoms with Crippen molar-refractivity contribution in [1.29, 1.82) is 5.26 Å². The largest absolute Gasteiger partial charge is 0.448 e. The Morgan fingerprint density at radius 1 is 1.03 bits per heavy atom. The van der Waals surface area contributed by atoms with Gasteiger partial charge in [0.05, 0.1) is 37.4 Å².